The minimum atomic E-state index is -3.68. The predicted octanol–water partition coefficient (Wildman–Crippen LogP) is 4.65. The predicted molar refractivity (Wildman–Crippen MR) is 115 cm³/mol. The summed E-state index contributed by atoms with van der Waals surface area (Å²) in [7, 11) is -3.68. The van der Waals surface area contributed by atoms with Crippen LogP contribution in [0, 0.1) is 0 Å². The summed E-state index contributed by atoms with van der Waals surface area (Å²) in [4.78, 5) is 4.08. The molecule has 0 bridgehead atoms. The zero-order valence-corrected chi connectivity index (χ0v) is 16.7. The van der Waals surface area contributed by atoms with Gasteiger partial charge in [-0.3, -0.25) is 10.1 Å². The number of nitrogens with one attached hydrogen (secondary N) is 2. The van der Waals surface area contributed by atoms with Gasteiger partial charge in [-0.05, 0) is 48.5 Å². The molecule has 0 unspecified atom stereocenters. The standard InChI is InChI=1S/C20H16N4O3S2/c25-29(26,24-20-21-12-13-28-20)18-9-6-15(7-10-18)19-11-8-17(27-19)14-22-23-16-4-2-1-3-5-16/h1-14,23H,(H,21,24)/b22-14+. The molecule has 0 amide bonds. The molecular weight excluding hydrogens is 408 g/mol. The molecule has 29 heavy (non-hydrogen) atoms. The third-order valence-corrected chi connectivity index (χ3v) is 6.06. The van der Waals surface area contributed by atoms with Crippen molar-refractivity contribution in [2.75, 3.05) is 10.1 Å². The normalized spacial score (nSPS) is 11.6. The van der Waals surface area contributed by atoms with E-state index in [-0.39, 0.29) is 4.90 Å². The quantitative estimate of drug-likeness (QED) is 0.332. The Morgan fingerprint density at radius 1 is 1.00 bits per heavy atom. The van der Waals surface area contributed by atoms with Crippen LogP contribution in [0.3, 0.4) is 0 Å². The Morgan fingerprint density at radius 3 is 2.52 bits per heavy atom. The molecule has 4 aromatic rings. The van der Waals surface area contributed by atoms with E-state index in [9.17, 15) is 8.42 Å². The lowest BCUT2D eigenvalue weighted by Gasteiger charge is -2.05. The van der Waals surface area contributed by atoms with E-state index in [1.54, 1.807) is 42.1 Å². The highest BCUT2D eigenvalue weighted by Crippen LogP contribution is 2.24. The minimum Gasteiger partial charge on any atom is -0.455 e. The average molecular weight is 425 g/mol. The van der Waals surface area contributed by atoms with E-state index in [1.807, 2.05) is 30.3 Å². The molecule has 0 atom stereocenters. The first kappa shape index (κ1) is 18.9. The molecule has 2 aromatic carbocycles. The van der Waals surface area contributed by atoms with Crippen molar-refractivity contribution < 1.29 is 12.8 Å². The van der Waals surface area contributed by atoms with Gasteiger partial charge in [0.2, 0.25) is 0 Å². The summed E-state index contributed by atoms with van der Waals surface area (Å²) >= 11 is 1.22. The molecule has 0 aliphatic rings. The zero-order valence-electron chi connectivity index (χ0n) is 15.0. The summed E-state index contributed by atoms with van der Waals surface area (Å²) in [5.41, 5.74) is 4.55. The molecule has 0 saturated carbocycles. The lowest BCUT2D eigenvalue weighted by molar-refractivity contribution is 0.575. The number of para-hydroxylation sites is 1. The monoisotopic (exact) mass is 424 g/mol. The number of rotatable bonds is 7. The maximum atomic E-state index is 12.4. The molecule has 7 nitrogen and oxygen atoms in total. The van der Waals surface area contributed by atoms with E-state index >= 15 is 0 Å². The second-order valence-electron chi connectivity index (χ2n) is 5.91. The fourth-order valence-corrected chi connectivity index (χ4v) is 4.30. The van der Waals surface area contributed by atoms with Crippen molar-refractivity contribution in [3.63, 3.8) is 0 Å². The molecule has 4 rings (SSSR count). The van der Waals surface area contributed by atoms with Crippen LogP contribution in [0.25, 0.3) is 11.3 Å². The van der Waals surface area contributed by atoms with Crippen LogP contribution < -0.4 is 10.1 Å². The van der Waals surface area contributed by atoms with E-state index < -0.39 is 10.0 Å². The van der Waals surface area contributed by atoms with Crippen molar-refractivity contribution in [3.05, 3.63) is 84.1 Å². The van der Waals surface area contributed by atoms with Gasteiger partial charge >= 0.3 is 0 Å². The summed E-state index contributed by atoms with van der Waals surface area (Å²) in [6.45, 7) is 0. The Morgan fingerprint density at radius 2 is 1.79 bits per heavy atom. The lowest BCUT2D eigenvalue weighted by atomic mass is 10.2. The SMILES string of the molecule is O=S(=O)(Nc1nccs1)c1ccc(-c2ccc(/C=N/Nc3ccccc3)o2)cc1. The van der Waals surface area contributed by atoms with Crippen molar-refractivity contribution in [2.24, 2.45) is 5.10 Å². The third-order valence-electron chi connectivity index (χ3n) is 3.89. The molecule has 146 valence electrons. The fourth-order valence-electron chi connectivity index (χ4n) is 2.51. The Bertz CT molecular complexity index is 1200. The molecule has 0 spiro atoms. The third kappa shape index (κ3) is 4.71. The van der Waals surface area contributed by atoms with Gasteiger partial charge in [-0.1, -0.05) is 18.2 Å². The molecule has 9 heteroatoms. The van der Waals surface area contributed by atoms with Crippen LogP contribution in [0.5, 0.6) is 0 Å². The van der Waals surface area contributed by atoms with Crippen LogP contribution in [0.15, 0.2) is 92.7 Å². The van der Waals surface area contributed by atoms with E-state index in [0.717, 1.165) is 11.3 Å². The minimum absolute atomic E-state index is 0.150. The van der Waals surface area contributed by atoms with Gasteiger partial charge in [-0.2, -0.15) is 5.10 Å². The van der Waals surface area contributed by atoms with Gasteiger partial charge in [0.05, 0.1) is 16.8 Å². The molecule has 0 fully saturated rings. The number of aromatic nitrogens is 1. The maximum Gasteiger partial charge on any atom is 0.263 e. The van der Waals surface area contributed by atoms with Crippen LogP contribution in [-0.4, -0.2) is 19.6 Å². The number of sulfonamides is 1. The van der Waals surface area contributed by atoms with E-state index in [1.165, 1.54) is 23.5 Å². The fraction of sp³-hybridized carbons (Fsp3) is 0. The van der Waals surface area contributed by atoms with E-state index in [4.69, 9.17) is 4.42 Å². The Kier molecular flexibility index (Phi) is 5.41. The van der Waals surface area contributed by atoms with Crippen molar-refractivity contribution in [1.82, 2.24) is 4.98 Å². The zero-order chi connectivity index (χ0) is 20.1. The van der Waals surface area contributed by atoms with Gasteiger partial charge in [-0.25, -0.2) is 13.4 Å². The first-order chi connectivity index (χ1) is 14.1. The molecule has 0 aliphatic heterocycles. The first-order valence-electron chi connectivity index (χ1n) is 8.57. The number of nitrogens with zero attached hydrogens (tertiary/aromatic N) is 2. The van der Waals surface area contributed by atoms with Gasteiger partial charge in [0, 0.05) is 17.1 Å². The van der Waals surface area contributed by atoms with Crippen molar-refractivity contribution in [1.29, 1.82) is 0 Å². The molecular formula is C20H16N4O3S2. The molecule has 0 radical (unpaired) electrons. The highest BCUT2D eigenvalue weighted by molar-refractivity contribution is 7.93. The molecule has 0 aliphatic carbocycles. The smallest absolute Gasteiger partial charge is 0.263 e. The van der Waals surface area contributed by atoms with Crippen LogP contribution in [0.2, 0.25) is 0 Å². The second kappa shape index (κ2) is 8.29. The van der Waals surface area contributed by atoms with Gasteiger partial charge < -0.3 is 4.42 Å². The van der Waals surface area contributed by atoms with Gasteiger partial charge in [-0.15, -0.1) is 11.3 Å². The van der Waals surface area contributed by atoms with Crippen LogP contribution in [0.4, 0.5) is 10.8 Å². The molecule has 0 saturated heterocycles. The number of hydrazone groups is 1. The topological polar surface area (TPSA) is 96.6 Å². The average Bonchev–Trinajstić information content (AvgIpc) is 3.41. The van der Waals surface area contributed by atoms with E-state index in [0.29, 0.717) is 16.7 Å². The highest BCUT2D eigenvalue weighted by atomic mass is 32.2. The Hall–Kier alpha value is -3.43. The van der Waals surface area contributed by atoms with Crippen molar-refractivity contribution in [3.8, 4) is 11.3 Å². The van der Waals surface area contributed by atoms with Gasteiger partial charge in [0.1, 0.15) is 11.5 Å². The summed E-state index contributed by atoms with van der Waals surface area (Å²) in [6, 6.07) is 19.6. The number of benzene rings is 2. The Labute approximate surface area is 171 Å². The van der Waals surface area contributed by atoms with Crippen LogP contribution in [0.1, 0.15) is 5.76 Å². The summed E-state index contributed by atoms with van der Waals surface area (Å²) < 4.78 is 33.0. The summed E-state index contributed by atoms with van der Waals surface area (Å²) in [5.74, 6) is 1.19. The largest absolute Gasteiger partial charge is 0.455 e. The van der Waals surface area contributed by atoms with E-state index in [2.05, 4.69) is 20.2 Å². The molecule has 2 N–H and O–H groups in total. The number of thiazole rings is 1. The number of hydrogen-bond acceptors (Lipinski definition) is 7. The second-order valence-corrected chi connectivity index (χ2v) is 8.48. The van der Waals surface area contributed by atoms with Gasteiger partial charge in [0.25, 0.3) is 10.0 Å². The molecule has 2 heterocycles. The Balaban J connectivity index is 1.44. The lowest BCUT2D eigenvalue weighted by Crippen LogP contribution is -2.12. The number of hydrogen-bond donors (Lipinski definition) is 2. The van der Waals surface area contributed by atoms with Crippen molar-refractivity contribution in [2.45, 2.75) is 4.90 Å². The number of furan rings is 1. The first-order valence-corrected chi connectivity index (χ1v) is 10.9. The van der Waals surface area contributed by atoms with Gasteiger partial charge in [0.15, 0.2) is 5.13 Å². The molecule has 2 aromatic heterocycles. The highest BCUT2D eigenvalue weighted by Gasteiger charge is 2.15. The summed E-state index contributed by atoms with van der Waals surface area (Å²) in [6.07, 6.45) is 3.12. The number of anilines is 2. The summed E-state index contributed by atoms with van der Waals surface area (Å²) in [5, 5.41) is 6.17. The van der Waals surface area contributed by atoms with Crippen LogP contribution in [-0.2, 0) is 10.0 Å². The van der Waals surface area contributed by atoms with Crippen LogP contribution >= 0.6 is 11.3 Å². The maximum absolute atomic E-state index is 12.4. The van der Waals surface area contributed by atoms with Crippen molar-refractivity contribution >= 4 is 38.4 Å².